The van der Waals surface area contributed by atoms with Gasteiger partial charge in [-0.2, -0.15) is 0 Å². The van der Waals surface area contributed by atoms with Crippen LogP contribution in [0.25, 0.3) is 0 Å². The molecule has 2 nitrogen and oxygen atoms in total. The average molecular weight is 336 g/mol. The normalized spacial score (nSPS) is 20.5. The summed E-state index contributed by atoms with van der Waals surface area (Å²) in [7, 11) is 0. The summed E-state index contributed by atoms with van der Waals surface area (Å²) in [5.74, 6) is 0.950. The van der Waals surface area contributed by atoms with Crippen LogP contribution >= 0.6 is 31.9 Å². The van der Waals surface area contributed by atoms with Crippen molar-refractivity contribution >= 4 is 31.9 Å². The molecule has 1 aromatic carbocycles. The van der Waals surface area contributed by atoms with E-state index in [2.05, 4.69) is 37.9 Å². The third-order valence-corrected chi connectivity index (χ3v) is 3.45. The largest absolute Gasteiger partial charge is 0.488 e. The van der Waals surface area contributed by atoms with Crippen molar-refractivity contribution in [3.8, 4) is 5.75 Å². The second-order valence-electron chi connectivity index (χ2n) is 3.49. The third-order valence-electron chi connectivity index (χ3n) is 2.35. The van der Waals surface area contributed by atoms with Gasteiger partial charge < -0.3 is 9.47 Å². The van der Waals surface area contributed by atoms with Crippen LogP contribution in [-0.2, 0) is 10.1 Å². The van der Waals surface area contributed by atoms with Crippen molar-refractivity contribution in [2.45, 2.75) is 17.9 Å². The third kappa shape index (κ3) is 2.95. The van der Waals surface area contributed by atoms with Gasteiger partial charge in [0.15, 0.2) is 0 Å². The second kappa shape index (κ2) is 5.32. The van der Waals surface area contributed by atoms with Gasteiger partial charge in [0, 0.05) is 21.8 Å². The van der Waals surface area contributed by atoms with E-state index in [1.165, 1.54) is 0 Å². The van der Waals surface area contributed by atoms with Crippen LogP contribution in [0.4, 0.5) is 0 Å². The van der Waals surface area contributed by atoms with Crippen LogP contribution in [-0.4, -0.2) is 19.3 Å². The fourth-order valence-corrected chi connectivity index (χ4v) is 2.40. The number of rotatable bonds is 3. The van der Waals surface area contributed by atoms with Gasteiger partial charge in [-0.3, -0.25) is 0 Å². The zero-order valence-electron chi connectivity index (χ0n) is 8.21. The molecule has 1 aromatic rings. The van der Waals surface area contributed by atoms with Gasteiger partial charge in [-0.25, -0.2) is 0 Å². The van der Waals surface area contributed by atoms with Crippen molar-refractivity contribution in [3.05, 3.63) is 28.2 Å². The summed E-state index contributed by atoms with van der Waals surface area (Å²) in [5, 5.41) is 0.801. The van der Waals surface area contributed by atoms with Gasteiger partial charge in [0.2, 0.25) is 0 Å². The summed E-state index contributed by atoms with van der Waals surface area (Å²) in [6.07, 6.45) is 1.20. The predicted octanol–water partition coefficient (Wildman–Crippen LogP) is 3.51. The average Bonchev–Trinajstić information content (AvgIpc) is 2.73. The van der Waals surface area contributed by atoms with Crippen molar-refractivity contribution in [2.75, 3.05) is 13.2 Å². The van der Waals surface area contributed by atoms with Crippen LogP contribution in [0, 0.1) is 0 Å². The molecule has 15 heavy (non-hydrogen) atoms. The standard InChI is InChI=1S/C11H12Br2O2/c12-6-8-5-9(13)1-2-11(8)15-10-3-4-14-7-10/h1-2,5,10H,3-4,6-7H2. The lowest BCUT2D eigenvalue weighted by atomic mass is 10.2. The molecule has 1 atom stereocenters. The van der Waals surface area contributed by atoms with E-state index in [1.54, 1.807) is 0 Å². The van der Waals surface area contributed by atoms with Gasteiger partial charge in [-0.05, 0) is 18.2 Å². The molecule has 1 unspecified atom stereocenters. The molecule has 0 aromatic heterocycles. The first-order valence-corrected chi connectivity index (χ1v) is 6.80. The van der Waals surface area contributed by atoms with Gasteiger partial charge in [-0.1, -0.05) is 31.9 Å². The molecule has 1 saturated heterocycles. The molecule has 4 heteroatoms. The highest BCUT2D eigenvalue weighted by molar-refractivity contribution is 9.10. The second-order valence-corrected chi connectivity index (χ2v) is 4.97. The van der Waals surface area contributed by atoms with E-state index in [1.807, 2.05) is 12.1 Å². The first kappa shape index (κ1) is 11.4. The molecule has 0 amide bonds. The van der Waals surface area contributed by atoms with Gasteiger partial charge in [0.05, 0.1) is 13.2 Å². The van der Waals surface area contributed by atoms with Crippen molar-refractivity contribution < 1.29 is 9.47 Å². The monoisotopic (exact) mass is 334 g/mol. The Kier molecular flexibility index (Phi) is 4.05. The van der Waals surface area contributed by atoms with E-state index in [-0.39, 0.29) is 6.10 Å². The highest BCUT2D eigenvalue weighted by Crippen LogP contribution is 2.27. The quantitative estimate of drug-likeness (QED) is 0.787. The number of hydrogen-bond acceptors (Lipinski definition) is 2. The Morgan fingerprint density at radius 1 is 1.47 bits per heavy atom. The van der Waals surface area contributed by atoms with Gasteiger partial charge in [0.1, 0.15) is 11.9 Å². The molecule has 1 fully saturated rings. The van der Waals surface area contributed by atoms with Crippen LogP contribution < -0.4 is 4.74 Å². The fraction of sp³-hybridized carbons (Fsp3) is 0.455. The Morgan fingerprint density at radius 2 is 2.33 bits per heavy atom. The topological polar surface area (TPSA) is 18.5 Å². The zero-order chi connectivity index (χ0) is 10.7. The Morgan fingerprint density at radius 3 is 3.00 bits per heavy atom. The maximum Gasteiger partial charge on any atom is 0.124 e. The van der Waals surface area contributed by atoms with Gasteiger partial charge in [-0.15, -0.1) is 0 Å². The summed E-state index contributed by atoms with van der Waals surface area (Å²) in [5.41, 5.74) is 1.16. The first-order chi connectivity index (χ1) is 7.29. The number of ether oxygens (including phenoxy) is 2. The lowest BCUT2D eigenvalue weighted by molar-refractivity contribution is 0.141. The highest BCUT2D eigenvalue weighted by atomic mass is 79.9. The summed E-state index contributed by atoms with van der Waals surface area (Å²) < 4.78 is 12.2. The molecule has 2 rings (SSSR count). The van der Waals surface area contributed by atoms with E-state index >= 15 is 0 Å². The highest BCUT2D eigenvalue weighted by Gasteiger charge is 2.18. The minimum Gasteiger partial charge on any atom is -0.488 e. The lowest BCUT2D eigenvalue weighted by Crippen LogP contribution is -2.16. The Balaban J connectivity index is 2.12. The van der Waals surface area contributed by atoms with Crippen LogP contribution in [0.3, 0.4) is 0 Å². The summed E-state index contributed by atoms with van der Waals surface area (Å²) in [6, 6.07) is 6.07. The van der Waals surface area contributed by atoms with Crippen LogP contribution in [0.5, 0.6) is 5.75 Å². The van der Waals surface area contributed by atoms with Crippen molar-refractivity contribution in [2.24, 2.45) is 0 Å². The van der Waals surface area contributed by atoms with Crippen LogP contribution in [0.15, 0.2) is 22.7 Å². The molecule has 1 aliphatic heterocycles. The van der Waals surface area contributed by atoms with Crippen LogP contribution in [0.2, 0.25) is 0 Å². The molecule has 0 bridgehead atoms. The first-order valence-electron chi connectivity index (χ1n) is 4.88. The minimum absolute atomic E-state index is 0.212. The predicted molar refractivity (Wildman–Crippen MR) is 66.6 cm³/mol. The fourth-order valence-electron chi connectivity index (χ4n) is 1.55. The van der Waals surface area contributed by atoms with Crippen LogP contribution in [0.1, 0.15) is 12.0 Å². The molecule has 0 aliphatic carbocycles. The van der Waals surface area contributed by atoms with Crippen molar-refractivity contribution in [1.29, 1.82) is 0 Å². The van der Waals surface area contributed by atoms with Crippen molar-refractivity contribution in [3.63, 3.8) is 0 Å². The van der Waals surface area contributed by atoms with E-state index in [4.69, 9.17) is 9.47 Å². The van der Waals surface area contributed by atoms with E-state index in [0.29, 0.717) is 6.61 Å². The molecule has 0 spiro atoms. The maximum absolute atomic E-state index is 5.88. The summed E-state index contributed by atoms with van der Waals surface area (Å²) in [4.78, 5) is 0. The van der Waals surface area contributed by atoms with E-state index < -0.39 is 0 Å². The number of halogens is 2. The Labute approximate surface area is 106 Å². The Bertz CT molecular complexity index is 335. The molecule has 82 valence electrons. The van der Waals surface area contributed by atoms with Gasteiger partial charge in [0.25, 0.3) is 0 Å². The summed E-state index contributed by atoms with van der Waals surface area (Å²) >= 11 is 6.91. The van der Waals surface area contributed by atoms with Gasteiger partial charge >= 0.3 is 0 Å². The molecule has 1 heterocycles. The van der Waals surface area contributed by atoms with E-state index in [0.717, 1.165) is 34.1 Å². The summed E-state index contributed by atoms with van der Waals surface area (Å²) in [6.45, 7) is 1.52. The zero-order valence-corrected chi connectivity index (χ0v) is 11.4. The molecular weight excluding hydrogens is 324 g/mol. The number of benzene rings is 1. The minimum atomic E-state index is 0.212. The van der Waals surface area contributed by atoms with Crippen molar-refractivity contribution in [1.82, 2.24) is 0 Å². The number of alkyl halides is 1. The lowest BCUT2D eigenvalue weighted by Gasteiger charge is -2.14. The molecule has 1 aliphatic rings. The molecule has 0 radical (unpaired) electrons. The maximum atomic E-state index is 5.88. The molecule has 0 N–H and O–H groups in total. The molecule has 0 saturated carbocycles. The SMILES string of the molecule is BrCc1cc(Br)ccc1OC1CCOC1. The van der Waals surface area contributed by atoms with E-state index in [9.17, 15) is 0 Å². The Hall–Kier alpha value is -0.0600. The number of hydrogen-bond donors (Lipinski definition) is 0. The smallest absolute Gasteiger partial charge is 0.124 e. The molecular formula is C11H12Br2O2.